The Morgan fingerprint density at radius 2 is 1.67 bits per heavy atom. The van der Waals surface area contributed by atoms with Gasteiger partial charge in [0.2, 0.25) is 0 Å². The summed E-state index contributed by atoms with van der Waals surface area (Å²) < 4.78 is 1.78. The second kappa shape index (κ2) is 8.15. The van der Waals surface area contributed by atoms with Crippen LogP contribution in [-0.2, 0) is 0 Å². The number of amides is 1. The van der Waals surface area contributed by atoms with Crippen molar-refractivity contribution in [3.05, 3.63) is 40.2 Å². The number of hydrogen-bond acceptors (Lipinski definition) is 4. The standard InChI is InChI=1S/C27H35N3O3/c1-2-23(29-19-12-16-11-17(14-19)15-20(29)13-16)28-26(32)24-25(31)21-9-5-6-10-22(21)30(27(24)33)18-7-3-4-8-18/h5-6,9-10,16-20,23,31H,2-4,7-8,11-15H2,1H3,(H,28,32). The predicted molar refractivity (Wildman–Crippen MR) is 128 cm³/mol. The van der Waals surface area contributed by atoms with E-state index in [2.05, 4.69) is 17.1 Å². The van der Waals surface area contributed by atoms with Crippen molar-refractivity contribution in [2.45, 2.75) is 95.4 Å². The number of aromatic hydroxyl groups is 1. The summed E-state index contributed by atoms with van der Waals surface area (Å²) in [5.74, 6) is 1.08. The van der Waals surface area contributed by atoms with Crippen molar-refractivity contribution in [1.29, 1.82) is 0 Å². The Morgan fingerprint density at radius 3 is 2.30 bits per heavy atom. The molecule has 5 fully saturated rings. The van der Waals surface area contributed by atoms with Gasteiger partial charge in [-0.1, -0.05) is 31.9 Å². The van der Waals surface area contributed by atoms with Gasteiger partial charge in [0.25, 0.3) is 11.5 Å². The highest BCUT2D eigenvalue weighted by Gasteiger charge is 2.49. The molecule has 4 bridgehead atoms. The zero-order valence-corrected chi connectivity index (χ0v) is 19.5. The van der Waals surface area contributed by atoms with Crippen LogP contribution in [0.25, 0.3) is 10.9 Å². The van der Waals surface area contributed by atoms with E-state index >= 15 is 0 Å². The average Bonchev–Trinajstić information content (AvgIpc) is 3.32. The van der Waals surface area contributed by atoms with E-state index in [0.29, 0.717) is 17.5 Å². The topological polar surface area (TPSA) is 74.6 Å². The molecule has 0 spiro atoms. The van der Waals surface area contributed by atoms with Gasteiger partial charge in [-0.05, 0) is 75.3 Å². The first-order chi connectivity index (χ1) is 16.0. The Labute approximate surface area is 195 Å². The van der Waals surface area contributed by atoms with Crippen molar-refractivity contribution >= 4 is 16.8 Å². The molecule has 2 aromatic rings. The molecule has 1 unspecified atom stereocenters. The molecule has 6 nitrogen and oxygen atoms in total. The molecule has 5 aliphatic rings. The highest BCUT2D eigenvalue weighted by Crippen LogP contribution is 2.49. The number of carbonyl (C=O) groups excluding carboxylic acids is 1. The summed E-state index contributed by atoms with van der Waals surface area (Å²) in [5, 5.41) is 14.8. The van der Waals surface area contributed by atoms with Crippen molar-refractivity contribution in [1.82, 2.24) is 14.8 Å². The first-order valence-corrected chi connectivity index (χ1v) is 13.0. The fourth-order valence-electron chi connectivity index (χ4n) is 7.76. The molecule has 6 heteroatoms. The van der Waals surface area contributed by atoms with Crippen LogP contribution < -0.4 is 10.9 Å². The Hall–Kier alpha value is -2.34. The smallest absolute Gasteiger partial charge is 0.267 e. The number of rotatable bonds is 5. The number of pyridine rings is 1. The van der Waals surface area contributed by atoms with Crippen molar-refractivity contribution < 1.29 is 9.90 Å². The van der Waals surface area contributed by atoms with Crippen LogP contribution in [0.3, 0.4) is 0 Å². The number of hydrogen-bond donors (Lipinski definition) is 2. The first kappa shape index (κ1) is 21.2. The predicted octanol–water partition coefficient (Wildman–Crippen LogP) is 4.55. The number of aromatic nitrogens is 1. The number of piperidine rings is 2. The van der Waals surface area contributed by atoms with Gasteiger partial charge < -0.3 is 15.0 Å². The fourth-order valence-corrected chi connectivity index (χ4v) is 7.76. The molecule has 176 valence electrons. The van der Waals surface area contributed by atoms with Gasteiger partial charge in [-0.2, -0.15) is 0 Å². The van der Waals surface area contributed by atoms with E-state index < -0.39 is 5.91 Å². The minimum Gasteiger partial charge on any atom is -0.506 e. The van der Waals surface area contributed by atoms with Crippen LogP contribution in [0.1, 0.15) is 87.5 Å². The van der Waals surface area contributed by atoms with Crippen molar-refractivity contribution in [2.24, 2.45) is 11.8 Å². The quantitative estimate of drug-likeness (QED) is 0.702. The van der Waals surface area contributed by atoms with Gasteiger partial charge in [-0.25, -0.2) is 0 Å². The molecule has 33 heavy (non-hydrogen) atoms. The maximum Gasteiger partial charge on any atom is 0.267 e. The number of fused-ring (bicyclic) bond motifs is 1. The maximum atomic E-state index is 13.7. The molecule has 1 amide bonds. The molecule has 1 atom stereocenters. The van der Waals surface area contributed by atoms with Gasteiger partial charge in [0.05, 0.1) is 11.7 Å². The fraction of sp³-hybridized carbons (Fsp3) is 0.630. The van der Waals surface area contributed by atoms with E-state index in [1.54, 1.807) is 4.57 Å². The summed E-state index contributed by atoms with van der Waals surface area (Å²) in [4.78, 5) is 29.8. The molecule has 7 rings (SSSR count). The van der Waals surface area contributed by atoms with Crippen LogP contribution in [-0.4, -0.2) is 38.7 Å². The Bertz CT molecular complexity index is 1110. The van der Waals surface area contributed by atoms with Crippen LogP contribution in [0.2, 0.25) is 0 Å². The summed E-state index contributed by atoms with van der Waals surface area (Å²) in [6, 6.07) is 8.58. The molecule has 2 aliphatic heterocycles. The van der Waals surface area contributed by atoms with E-state index in [4.69, 9.17) is 0 Å². The molecular weight excluding hydrogens is 414 g/mol. The van der Waals surface area contributed by atoms with Crippen LogP contribution in [0.4, 0.5) is 0 Å². The van der Waals surface area contributed by atoms with Crippen LogP contribution in [0, 0.1) is 11.8 Å². The normalized spacial score (nSPS) is 30.2. The highest BCUT2D eigenvalue weighted by atomic mass is 16.3. The number of nitrogens with zero attached hydrogens (tertiary/aromatic N) is 2. The SMILES string of the molecule is CCC(NC(=O)c1c(O)c2ccccc2n(C2CCCC2)c1=O)N1C2CC3CC(C2)CC1C3. The number of nitrogens with one attached hydrogen (secondary N) is 1. The van der Waals surface area contributed by atoms with Crippen LogP contribution in [0.5, 0.6) is 5.75 Å². The number of carbonyl (C=O) groups is 1. The van der Waals surface area contributed by atoms with Gasteiger partial charge in [0, 0.05) is 23.5 Å². The summed E-state index contributed by atoms with van der Waals surface area (Å²) in [6.07, 6.45) is 11.1. The summed E-state index contributed by atoms with van der Waals surface area (Å²) >= 11 is 0. The lowest BCUT2D eigenvalue weighted by Gasteiger charge is -2.58. The molecule has 3 aliphatic carbocycles. The molecule has 3 heterocycles. The van der Waals surface area contributed by atoms with Crippen molar-refractivity contribution in [3.63, 3.8) is 0 Å². The molecular formula is C27H35N3O3. The summed E-state index contributed by atoms with van der Waals surface area (Å²) in [5.41, 5.74) is 0.273. The highest BCUT2D eigenvalue weighted by molar-refractivity contribution is 6.02. The number of para-hydroxylation sites is 1. The van der Waals surface area contributed by atoms with Crippen molar-refractivity contribution in [2.75, 3.05) is 0 Å². The van der Waals surface area contributed by atoms with E-state index in [-0.39, 0.29) is 29.1 Å². The average molecular weight is 450 g/mol. The first-order valence-electron chi connectivity index (χ1n) is 13.0. The zero-order valence-electron chi connectivity index (χ0n) is 19.5. The van der Waals surface area contributed by atoms with E-state index in [9.17, 15) is 14.7 Å². The molecule has 3 saturated carbocycles. The largest absolute Gasteiger partial charge is 0.506 e. The third-order valence-electron chi connectivity index (χ3n) is 8.98. The lowest BCUT2D eigenvalue weighted by molar-refractivity contribution is -0.0875. The molecule has 2 N–H and O–H groups in total. The summed E-state index contributed by atoms with van der Waals surface area (Å²) in [7, 11) is 0. The van der Waals surface area contributed by atoms with Gasteiger partial charge in [0.15, 0.2) is 0 Å². The van der Waals surface area contributed by atoms with Crippen molar-refractivity contribution in [3.8, 4) is 5.75 Å². The zero-order chi connectivity index (χ0) is 22.7. The van der Waals surface area contributed by atoms with Crippen LogP contribution >= 0.6 is 0 Å². The molecule has 1 aromatic carbocycles. The van der Waals surface area contributed by atoms with Gasteiger partial charge in [-0.15, -0.1) is 0 Å². The van der Waals surface area contributed by atoms with Gasteiger partial charge in [0.1, 0.15) is 11.3 Å². The van der Waals surface area contributed by atoms with E-state index in [0.717, 1.165) is 49.5 Å². The minimum absolute atomic E-state index is 0.0877. The lowest BCUT2D eigenvalue weighted by atomic mass is 9.63. The number of benzene rings is 1. The van der Waals surface area contributed by atoms with E-state index in [1.165, 1.54) is 32.1 Å². The van der Waals surface area contributed by atoms with Gasteiger partial charge >= 0.3 is 0 Å². The second-order valence-electron chi connectivity index (χ2n) is 10.9. The maximum absolute atomic E-state index is 13.7. The van der Waals surface area contributed by atoms with Crippen LogP contribution in [0.15, 0.2) is 29.1 Å². The summed E-state index contributed by atoms with van der Waals surface area (Å²) in [6.45, 7) is 2.10. The second-order valence-corrected chi connectivity index (χ2v) is 10.9. The van der Waals surface area contributed by atoms with E-state index in [1.807, 2.05) is 24.3 Å². The third-order valence-corrected chi connectivity index (χ3v) is 8.98. The monoisotopic (exact) mass is 449 g/mol. The third kappa shape index (κ3) is 3.40. The molecule has 0 radical (unpaired) electrons. The lowest BCUT2D eigenvalue weighted by Crippen LogP contribution is -2.64. The molecule has 1 aromatic heterocycles. The Kier molecular flexibility index (Phi) is 5.24. The van der Waals surface area contributed by atoms with Gasteiger partial charge in [-0.3, -0.25) is 14.5 Å². The Morgan fingerprint density at radius 1 is 1.03 bits per heavy atom. The Balaban J connectivity index is 1.36. The molecule has 2 saturated heterocycles. The minimum atomic E-state index is -0.435.